The highest BCUT2D eigenvalue weighted by Gasteiger charge is 2.27. The Balaban J connectivity index is 2.67. The van der Waals surface area contributed by atoms with Crippen LogP contribution in [-0.2, 0) is 6.42 Å². The maximum atomic E-state index is 5.17. The zero-order valence-corrected chi connectivity index (χ0v) is 10.9. The van der Waals surface area contributed by atoms with E-state index in [2.05, 4.69) is 25.2 Å². The number of furan rings is 1. The molecule has 0 aromatic carbocycles. The Kier molecular flexibility index (Phi) is 5.61. The zero-order valence-electron chi connectivity index (χ0n) is 10.9. The summed E-state index contributed by atoms with van der Waals surface area (Å²) in [6.07, 6.45) is 9.89. The molecule has 1 N–H and O–H groups in total. The average Bonchev–Trinajstić information content (AvgIpc) is 2.79. The first-order valence-corrected chi connectivity index (χ1v) is 6.42. The van der Waals surface area contributed by atoms with Gasteiger partial charge in [0.2, 0.25) is 0 Å². The van der Waals surface area contributed by atoms with Crippen LogP contribution >= 0.6 is 0 Å². The fourth-order valence-electron chi connectivity index (χ4n) is 2.42. The van der Waals surface area contributed by atoms with E-state index in [1.807, 2.05) is 13.3 Å². The van der Waals surface area contributed by atoms with Gasteiger partial charge in [0.25, 0.3) is 0 Å². The minimum absolute atomic E-state index is 0.397. The molecule has 16 heavy (non-hydrogen) atoms. The number of hydrogen-bond acceptors (Lipinski definition) is 2. The van der Waals surface area contributed by atoms with Gasteiger partial charge in [-0.05, 0) is 43.4 Å². The fourth-order valence-corrected chi connectivity index (χ4v) is 2.42. The summed E-state index contributed by atoms with van der Waals surface area (Å²) in [7, 11) is 2.05. The number of unbranched alkanes of at least 4 members (excludes halogenated alkanes) is 1. The average molecular weight is 223 g/mol. The molecule has 2 nitrogen and oxygen atoms in total. The lowest BCUT2D eigenvalue weighted by atomic mass is 9.75. The SMILES string of the molecule is CCCCC(CC)(CNC)Cc1ccoc1. The van der Waals surface area contributed by atoms with E-state index in [0.29, 0.717) is 5.41 Å². The quantitative estimate of drug-likeness (QED) is 0.728. The molecule has 1 atom stereocenters. The highest BCUT2D eigenvalue weighted by Crippen LogP contribution is 2.32. The van der Waals surface area contributed by atoms with E-state index < -0.39 is 0 Å². The second kappa shape index (κ2) is 6.74. The summed E-state index contributed by atoms with van der Waals surface area (Å²) in [5.74, 6) is 0. The van der Waals surface area contributed by atoms with E-state index in [1.54, 1.807) is 6.26 Å². The minimum Gasteiger partial charge on any atom is -0.472 e. The fraction of sp³-hybridized carbons (Fsp3) is 0.714. The van der Waals surface area contributed by atoms with Crippen molar-refractivity contribution >= 4 is 0 Å². The normalized spacial score (nSPS) is 14.9. The Morgan fingerprint density at radius 1 is 1.38 bits per heavy atom. The van der Waals surface area contributed by atoms with Gasteiger partial charge in [-0.2, -0.15) is 0 Å². The summed E-state index contributed by atoms with van der Waals surface area (Å²) < 4.78 is 5.17. The predicted molar refractivity (Wildman–Crippen MR) is 68.6 cm³/mol. The van der Waals surface area contributed by atoms with Crippen molar-refractivity contribution in [2.45, 2.75) is 46.0 Å². The number of nitrogens with one attached hydrogen (secondary N) is 1. The van der Waals surface area contributed by atoms with E-state index in [4.69, 9.17) is 4.42 Å². The van der Waals surface area contributed by atoms with Gasteiger partial charge >= 0.3 is 0 Å². The molecule has 0 spiro atoms. The van der Waals surface area contributed by atoms with Crippen LogP contribution in [0.15, 0.2) is 23.0 Å². The van der Waals surface area contributed by atoms with Crippen molar-refractivity contribution in [1.82, 2.24) is 5.32 Å². The molecule has 0 aliphatic heterocycles. The van der Waals surface area contributed by atoms with Crippen LogP contribution in [0.3, 0.4) is 0 Å². The largest absolute Gasteiger partial charge is 0.472 e. The third kappa shape index (κ3) is 3.67. The lowest BCUT2D eigenvalue weighted by Gasteiger charge is -2.32. The predicted octanol–water partition coefficient (Wildman–Crippen LogP) is 3.63. The topological polar surface area (TPSA) is 25.2 Å². The molecule has 0 aliphatic rings. The van der Waals surface area contributed by atoms with Crippen molar-refractivity contribution in [2.24, 2.45) is 5.41 Å². The van der Waals surface area contributed by atoms with E-state index in [1.165, 1.54) is 31.2 Å². The highest BCUT2D eigenvalue weighted by atomic mass is 16.3. The van der Waals surface area contributed by atoms with Gasteiger partial charge in [0.05, 0.1) is 12.5 Å². The summed E-state index contributed by atoms with van der Waals surface area (Å²) in [5, 5.41) is 3.35. The molecule has 1 aromatic heterocycles. The van der Waals surface area contributed by atoms with Crippen LogP contribution in [0.5, 0.6) is 0 Å². The first kappa shape index (κ1) is 13.3. The molecule has 2 heteroatoms. The van der Waals surface area contributed by atoms with Gasteiger partial charge in [0.1, 0.15) is 0 Å². The van der Waals surface area contributed by atoms with Crippen molar-refractivity contribution < 1.29 is 4.42 Å². The molecule has 0 saturated carbocycles. The molecular weight excluding hydrogens is 198 g/mol. The van der Waals surface area contributed by atoms with E-state index in [0.717, 1.165) is 13.0 Å². The van der Waals surface area contributed by atoms with E-state index in [-0.39, 0.29) is 0 Å². The molecular formula is C14H25NO. The molecule has 0 aliphatic carbocycles. The summed E-state index contributed by atoms with van der Waals surface area (Å²) in [4.78, 5) is 0. The third-order valence-electron chi connectivity index (χ3n) is 3.52. The molecule has 92 valence electrons. The van der Waals surface area contributed by atoms with Crippen LogP contribution in [0, 0.1) is 5.41 Å². The monoisotopic (exact) mass is 223 g/mol. The zero-order chi connectivity index (χ0) is 11.9. The van der Waals surface area contributed by atoms with Gasteiger partial charge in [-0.1, -0.05) is 26.7 Å². The van der Waals surface area contributed by atoms with Crippen molar-refractivity contribution in [2.75, 3.05) is 13.6 Å². The van der Waals surface area contributed by atoms with Crippen LogP contribution < -0.4 is 5.32 Å². The van der Waals surface area contributed by atoms with Crippen LogP contribution in [0.1, 0.15) is 45.1 Å². The number of hydrogen-bond donors (Lipinski definition) is 1. The van der Waals surface area contributed by atoms with Gasteiger partial charge in [0, 0.05) is 6.54 Å². The van der Waals surface area contributed by atoms with E-state index in [9.17, 15) is 0 Å². The lowest BCUT2D eigenvalue weighted by Crippen LogP contribution is -2.34. The van der Waals surface area contributed by atoms with Crippen molar-refractivity contribution in [3.8, 4) is 0 Å². The minimum atomic E-state index is 0.397. The standard InChI is InChI=1S/C14H25NO/c1-4-6-8-14(5-2,12-15-3)10-13-7-9-16-11-13/h7,9,11,15H,4-6,8,10,12H2,1-3H3. The van der Waals surface area contributed by atoms with Gasteiger partial charge < -0.3 is 9.73 Å². The second-order valence-electron chi connectivity index (χ2n) is 4.80. The third-order valence-corrected chi connectivity index (χ3v) is 3.52. The maximum Gasteiger partial charge on any atom is 0.0934 e. The molecule has 1 unspecified atom stereocenters. The molecule has 1 heterocycles. The highest BCUT2D eigenvalue weighted by molar-refractivity contribution is 5.09. The first-order valence-electron chi connectivity index (χ1n) is 6.42. The Bertz CT molecular complexity index is 268. The summed E-state index contributed by atoms with van der Waals surface area (Å²) in [5.41, 5.74) is 1.72. The molecule has 1 aromatic rings. The van der Waals surface area contributed by atoms with Gasteiger partial charge in [0.15, 0.2) is 0 Å². The van der Waals surface area contributed by atoms with Crippen molar-refractivity contribution in [3.63, 3.8) is 0 Å². The Morgan fingerprint density at radius 2 is 2.19 bits per heavy atom. The maximum absolute atomic E-state index is 5.17. The summed E-state index contributed by atoms with van der Waals surface area (Å²) in [6, 6.07) is 2.09. The lowest BCUT2D eigenvalue weighted by molar-refractivity contribution is 0.234. The second-order valence-corrected chi connectivity index (χ2v) is 4.80. The molecule has 1 rings (SSSR count). The Hall–Kier alpha value is -0.760. The first-order chi connectivity index (χ1) is 7.76. The molecule has 0 saturated heterocycles. The van der Waals surface area contributed by atoms with Crippen LogP contribution in [0.2, 0.25) is 0 Å². The van der Waals surface area contributed by atoms with Gasteiger partial charge in [-0.15, -0.1) is 0 Å². The summed E-state index contributed by atoms with van der Waals surface area (Å²) in [6.45, 7) is 5.65. The van der Waals surface area contributed by atoms with Gasteiger partial charge in [-0.3, -0.25) is 0 Å². The molecule has 0 fully saturated rings. The number of rotatable bonds is 8. The van der Waals surface area contributed by atoms with E-state index >= 15 is 0 Å². The Labute approximate surface area is 99.4 Å². The van der Waals surface area contributed by atoms with Crippen LogP contribution in [0.25, 0.3) is 0 Å². The van der Waals surface area contributed by atoms with Crippen LogP contribution in [0.4, 0.5) is 0 Å². The van der Waals surface area contributed by atoms with Crippen LogP contribution in [-0.4, -0.2) is 13.6 Å². The molecule has 0 radical (unpaired) electrons. The smallest absolute Gasteiger partial charge is 0.0934 e. The molecule has 0 amide bonds. The van der Waals surface area contributed by atoms with Crippen molar-refractivity contribution in [1.29, 1.82) is 0 Å². The molecule has 0 bridgehead atoms. The Morgan fingerprint density at radius 3 is 2.69 bits per heavy atom. The van der Waals surface area contributed by atoms with Crippen molar-refractivity contribution in [3.05, 3.63) is 24.2 Å². The summed E-state index contributed by atoms with van der Waals surface area (Å²) >= 11 is 0. The van der Waals surface area contributed by atoms with Gasteiger partial charge in [-0.25, -0.2) is 0 Å².